The number of aromatic hydroxyl groups is 1. The molecule has 2 aromatic carbocycles. The molecule has 6 heteroatoms. The van der Waals surface area contributed by atoms with E-state index in [0.717, 1.165) is 0 Å². The number of ether oxygens (including phenoxy) is 1. The van der Waals surface area contributed by atoms with Gasteiger partial charge in [-0.1, -0.05) is 18.2 Å². The standard InChI is InChI=1S/C20H17NO5/c1-3-25-15-10-11(8-9-13(15)22)17-16-18(23)12-6-4-5-7-14(12)26-19(16)20(24)21(17)2/h4-10,17,22H,3H2,1-2H3. The number of phenolic OH excluding ortho intramolecular Hbond substituents is 1. The van der Waals surface area contributed by atoms with Crippen LogP contribution in [0.15, 0.2) is 51.7 Å². The van der Waals surface area contributed by atoms with E-state index in [-0.39, 0.29) is 22.8 Å². The van der Waals surface area contributed by atoms with Crippen molar-refractivity contribution in [2.75, 3.05) is 13.7 Å². The van der Waals surface area contributed by atoms with Crippen LogP contribution in [0, 0.1) is 0 Å². The number of para-hydroxylation sites is 1. The smallest absolute Gasteiger partial charge is 0.290 e. The Bertz CT molecular complexity index is 1090. The average molecular weight is 351 g/mol. The van der Waals surface area contributed by atoms with E-state index >= 15 is 0 Å². The van der Waals surface area contributed by atoms with Gasteiger partial charge in [0.2, 0.25) is 5.76 Å². The van der Waals surface area contributed by atoms with E-state index in [2.05, 4.69) is 0 Å². The van der Waals surface area contributed by atoms with Crippen molar-refractivity contribution in [3.05, 3.63) is 69.6 Å². The van der Waals surface area contributed by atoms with Gasteiger partial charge in [0.25, 0.3) is 5.91 Å². The van der Waals surface area contributed by atoms with E-state index in [1.807, 2.05) is 6.92 Å². The van der Waals surface area contributed by atoms with Crippen molar-refractivity contribution in [2.45, 2.75) is 13.0 Å². The molecule has 3 aromatic rings. The van der Waals surface area contributed by atoms with Crippen LogP contribution in [0.4, 0.5) is 0 Å². The number of hydrogen-bond donors (Lipinski definition) is 1. The lowest BCUT2D eigenvalue weighted by Gasteiger charge is -2.21. The predicted octanol–water partition coefficient (Wildman–Crippen LogP) is 3.07. The molecule has 1 unspecified atom stereocenters. The monoisotopic (exact) mass is 351 g/mol. The lowest BCUT2D eigenvalue weighted by Crippen LogP contribution is -2.25. The first kappa shape index (κ1) is 16.2. The fourth-order valence-electron chi connectivity index (χ4n) is 3.40. The highest BCUT2D eigenvalue weighted by Crippen LogP contribution is 2.39. The number of carbonyl (C=O) groups is 1. The summed E-state index contributed by atoms with van der Waals surface area (Å²) in [7, 11) is 1.62. The molecule has 0 saturated carbocycles. The lowest BCUT2D eigenvalue weighted by atomic mass is 9.98. The highest BCUT2D eigenvalue weighted by Gasteiger charge is 2.40. The Morgan fingerprint density at radius 1 is 1.19 bits per heavy atom. The van der Waals surface area contributed by atoms with Crippen molar-refractivity contribution in [3.8, 4) is 11.5 Å². The quantitative estimate of drug-likeness (QED) is 0.784. The van der Waals surface area contributed by atoms with Gasteiger partial charge in [-0.15, -0.1) is 0 Å². The van der Waals surface area contributed by atoms with Crippen molar-refractivity contribution in [1.29, 1.82) is 0 Å². The molecule has 6 nitrogen and oxygen atoms in total. The van der Waals surface area contributed by atoms with Crippen LogP contribution in [0.25, 0.3) is 11.0 Å². The number of amides is 1. The molecule has 26 heavy (non-hydrogen) atoms. The van der Waals surface area contributed by atoms with Gasteiger partial charge in [0.15, 0.2) is 16.9 Å². The Labute approximate surface area is 149 Å². The summed E-state index contributed by atoms with van der Waals surface area (Å²) >= 11 is 0. The van der Waals surface area contributed by atoms with E-state index in [1.54, 1.807) is 43.4 Å². The number of nitrogens with zero attached hydrogens (tertiary/aromatic N) is 1. The van der Waals surface area contributed by atoms with Crippen LogP contribution in [-0.2, 0) is 0 Å². The summed E-state index contributed by atoms with van der Waals surface area (Å²) < 4.78 is 11.2. The van der Waals surface area contributed by atoms with Gasteiger partial charge in [-0.3, -0.25) is 9.59 Å². The van der Waals surface area contributed by atoms with E-state index in [1.165, 1.54) is 11.0 Å². The minimum atomic E-state index is -0.599. The van der Waals surface area contributed by atoms with Gasteiger partial charge in [0, 0.05) is 7.05 Å². The normalized spacial score (nSPS) is 16.2. The topological polar surface area (TPSA) is 80.0 Å². The number of phenols is 1. The van der Waals surface area contributed by atoms with E-state index in [4.69, 9.17) is 9.15 Å². The first-order valence-electron chi connectivity index (χ1n) is 8.31. The summed E-state index contributed by atoms with van der Waals surface area (Å²) in [4.78, 5) is 27.2. The third-order valence-corrected chi connectivity index (χ3v) is 4.61. The maximum Gasteiger partial charge on any atom is 0.290 e. The highest BCUT2D eigenvalue weighted by atomic mass is 16.5. The molecule has 132 valence electrons. The van der Waals surface area contributed by atoms with Crippen molar-refractivity contribution in [3.63, 3.8) is 0 Å². The second kappa shape index (κ2) is 5.91. The molecule has 0 bridgehead atoms. The number of hydrogen-bond acceptors (Lipinski definition) is 5. The van der Waals surface area contributed by atoms with Crippen LogP contribution in [-0.4, -0.2) is 29.6 Å². The van der Waals surface area contributed by atoms with Gasteiger partial charge in [-0.2, -0.15) is 0 Å². The third kappa shape index (κ3) is 2.26. The molecule has 1 aliphatic heterocycles. The van der Waals surface area contributed by atoms with Gasteiger partial charge in [-0.25, -0.2) is 0 Å². The highest BCUT2D eigenvalue weighted by molar-refractivity contribution is 5.98. The molecule has 0 aliphatic carbocycles. The van der Waals surface area contributed by atoms with Crippen LogP contribution in [0.3, 0.4) is 0 Å². The molecule has 1 aromatic heterocycles. The lowest BCUT2D eigenvalue weighted by molar-refractivity contribution is 0.0771. The Balaban J connectivity index is 1.96. The van der Waals surface area contributed by atoms with E-state index < -0.39 is 6.04 Å². The Kier molecular flexibility index (Phi) is 3.68. The van der Waals surface area contributed by atoms with Crippen LogP contribution >= 0.6 is 0 Å². The molecule has 1 amide bonds. The first-order valence-corrected chi connectivity index (χ1v) is 8.31. The first-order chi connectivity index (χ1) is 12.5. The molecule has 2 heterocycles. The predicted molar refractivity (Wildman–Crippen MR) is 95.7 cm³/mol. The SMILES string of the molecule is CCOc1cc(C2c3c(oc4ccccc4c3=O)C(=O)N2C)ccc1O. The number of carbonyl (C=O) groups excluding carboxylic acids is 1. The fourth-order valence-corrected chi connectivity index (χ4v) is 3.40. The summed E-state index contributed by atoms with van der Waals surface area (Å²) in [5, 5.41) is 10.4. The maximum absolute atomic E-state index is 13.1. The van der Waals surface area contributed by atoms with Gasteiger partial charge >= 0.3 is 0 Å². The van der Waals surface area contributed by atoms with Gasteiger partial charge in [0.1, 0.15) is 5.58 Å². The fraction of sp³-hybridized carbons (Fsp3) is 0.200. The minimum Gasteiger partial charge on any atom is -0.504 e. The zero-order valence-corrected chi connectivity index (χ0v) is 14.4. The molecule has 0 spiro atoms. The summed E-state index contributed by atoms with van der Waals surface area (Å²) in [5.41, 5.74) is 1.14. The molecule has 1 aliphatic rings. The van der Waals surface area contributed by atoms with Crippen molar-refractivity contribution >= 4 is 16.9 Å². The molecule has 1 N–H and O–H groups in total. The maximum atomic E-state index is 13.1. The second-order valence-corrected chi connectivity index (χ2v) is 6.15. The van der Waals surface area contributed by atoms with Crippen molar-refractivity contribution in [2.24, 2.45) is 0 Å². The van der Waals surface area contributed by atoms with Crippen molar-refractivity contribution in [1.82, 2.24) is 4.90 Å². The van der Waals surface area contributed by atoms with Crippen LogP contribution < -0.4 is 10.2 Å². The average Bonchev–Trinajstić information content (AvgIpc) is 2.89. The zero-order valence-electron chi connectivity index (χ0n) is 14.4. The summed E-state index contributed by atoms with van der Waals surface area (Å²) in [6.45, 7) is 2.20. The summed E-state index contributed by atoms with van der Waals surface area (Å²) in [6.07, 6.45) is 0. The van der Waals surface area contributed by atoms with Gasteiger partial charge in [0.05, 0.1) is 23.6 Å². The number of benzene rings is 2. The molecular formula is C20H17NO5. The van der Waals surface area contributed by atoms with E-state index in [0.29, 0.717) is 34.5 Å². The van der Waals surface area contributed by atoms with Gasteiger partial charge in [-0.05, 0) is 36.8 Å². The second-order valence-electron chi connectivity index (χ2n) is 6.15. The molecule has 0 fully saturated rings. The number of fused-ring (bicyclic) bond motifs is 2. The van der Waals surface area contributed by atoms with E-state index in [9.17, 15) is 14.7 Å². The molecule has 0 radical (unpaired) electrons. The molecule has 4 rings (SSSR count). The third-order valence-electron chi connectivity index (χ3n) is 4.61. The Hall–Kier alpha value is -3.28. The molecule has 1 atom stereocenters. The van der Waals surface area contributed by atoms with Crippen LogP contribution in [0.2, 0.25) is 0 Å². The van der Waals surface area contributed by atoms with Crippen LogP contribution in [0.5, 0.6) is 11.5 Å². The summed E-state index contributed by atoms with van der Waals surface area (Å²) in [5.74, 6) is 0.0314. The number of rotatable bonds is 3. The molecular weight excluding hydrogens is 334 g/mol. The zero-order chi connectivity index (χ0) is 18.4. The van der Waals surface area contributed by atoms with Crippen LogP contribution in [0.1, 0.15) is 34.6 Å². The Morgan fingerprint density at radius 2 is 1.96 bits per heavy atom. The largest absolute Gasteiger partial charge is 0.504 e. The summed E-state index contributed by atoms with van der Waals surface area (Å²) in [6, 6.07) is 11.1. The van der Waals surface area contributed by atoms with Gasteiger partial charge < -0.3 is 19.2 Å². The molecule has 0 saturated heterocycles. The van der Waals surface area contributed by atoms with Crippen molar-refractivity contribution < 1.29 is 19.1 Å². The Morgan fingerprint density at radius 3 is 2.73 bits per heavy atom. The minimum absolute atomic E-state index is 0.00773.